The Morgan fingerprint density at radius 2 is 2.06 bits per heavy atom. The van der Waals surface area contributed by atoms with E-state index in [9.17, 15) is 14.3 Å². The van der Waals surface area contributed by atoms with Gasteiger partial charge in [0, 0.05) is 5.56 Å². The normalized spacial score (nSPS) is 12.3. The van der Waals surface area contributed by atoms with Crippen LogP contribution in [0, 0.1) is 5.82 Å². The van der Waals surface area contributed by atoms with Gasteiger partial charge in [-0.2, -0.15) is 0 Å². The molecule has 1 rings (SSSR count). The van der Waals surface area contributed by atoms with Crippen molar-refractivity contribution in [3.05, 3.63) is 29.6 Å². The molecule has 0 aliphatic heterocycles. The van der Waals surface area contributed by atoms with Gasteiger partial charge in [-0.25, -0.2) is 9.18 Å². The molecular weight excluding hydrogens is 239 g/mol. The van der Waals surface area contributed by atoms with Gasteiger partial charge >= 0.3 is 5.97 Å². The Balaban J connectivity index is 2.70. The van der Waals surface area contributed by atoms with Crippen molar-refractivity contribution >= 4 is 5.97 Å². The molecule has 1 aromatic rings. The number of hydrogen-bond acceptors (Lipinski definition) is 4. The monoisotopic (exact) mass is 256 g/mol. The van der Waals surface area contributed by atoms with Gasteiger partial charge in [0.1, 0.15) is 11.6 Å². The first kappa shape index (κ1) is 14.4. The molecular formula is C13H17FO4. The molecule has 5 heteroatoms. The van der Waals surface area contributed by atoms with Crippen molar-refractivity contribution in [2.24, 2.45) is 0 Å². The number of esters is 1. The average molecular weight is 256 g/mol. The fourth-order valence-corrected chi connectivity index (χ4v) is 1.41. The second kappa shape index (κ2) is 6.35. The van der Waals surface area contributed by atoms with E-state index in [0.717, 1.165) is 0 Å². The first-order chi connectivity index (χ1) is 8.40. The number of aliphatic hydroxyl groups is 1. The van der Waals surface area contributed by atoms with Gasteiger partial charge in [0.15, 0.2) is 6.61 Å². The first-order valence-electron chi connectivity index (χ1n) is 5.70. The Kier molecular flexibility index (Phi) is 5.09. The van der Waals surface area contributed by atoms with E-state index >= 15 is 0 Å². The molecule has 0 radical (unpaired) electrons. The lowest BCUT2D eigenvalue weighted by atomic mass is 10.1. The number of rotatable bonds is 5. The molecule has 0 saturated heterocycles. The van der Waals surface area contributed by atoms with E-state index in [0.29, 0.717) is 5.56 Å². The molecule has 1 unspecified atom stereocenters. The fraction of sp³-hybridized carbons (Fsp3) is 0.462. The summed E-state index contributed by atoms with van der Waals surface area (Å²) in [6, 6.07) is 3.75. The number of carbonyl (C=O) groups excluding carboxylic acids is 1. The lowest BCUT2D eigenvalue weighted by molar-refractivity contribution is -0.149. The summed E-state index contributed by atoms with van der Waals surface area (Å²) in [6.07, 6.45) is -1.10. The number of halogens is 1. The zero-order chi connectivity index (χ0) is 13.7. The van der Waals surface area contributed by atoms with Gasteiger partial charge in [0.05, 0.1) is 12.2 Å². The summed E-state index contributed by atoms with van der Waals surface area (Å²) < 4.78 is 23.1. The summed E-state index contributed by atoms with van der Waals surface area (Å²) in [5.41, 5.74) is 0.298. The van der Waals surface area contributed by atoms with E-state index in [1.54, 1.807) is 13.8 Å². The van der Waals surface area contributed by atoms with Crippen molar-refractivity contribution in [2.45, 2.75) is 33.0 Å². The summed E-state index contributed by atoms with van der Waals surface area (Å²) in [4.78, 5) is 11.3. The molecule has 0 saturated carbocycles. The van der Waals surface area contributed by atoms with Gasteiger partial charge in [-0.15, -0.1) is 0 Å². The minimum atomic E-state index is -0.878. The second-order valence-electron chi connectivity index (χ2n) is 4.19. The number of benzene rings is 1. The van der Waals surface area contributed by atoms with E-state index in [1.165, 1.54) is 25.1 Å². The molecule has 0 bridgehead atoms. The highest BCUT2D eigenvalue weighted by Crippen LogP contribution is 2.25. The van der Waals surface area contributed by atoms with Gasteiger partial charge in [-0.05, 0) is 39.0 Å². The summed E-state index contributed by atoms with van der Waals surface area (Å²) in [5.74, 6) is -0.707. The number of aliphatic hydroxyl groups excluding tert-OH is 1. The van der Waals surface area contributed by atoms with E-state index in [-0.39, 0.29) is 18.5 Å². The van der Waals surface area contributed by atoms with Crippen LogP contribution in [0.5, 0.6) is 5.75 Å². The van der Waals surface area contributed by atoms with Gasteiger partial charge < -0.3 is 14.6 Å². The quantitative estimate of drug-likeness (QED) is 0.821. The summed E-state index contributed by atoms with van der Waals surface area (Å²) in [7, 11) is 0. The molecule has 1 aromatic carbocycles. The minimum absolute atomic E-state index is 0.217. The Bertz CT molecular complexity index is 415. The third-order valence-corrected chi connectivity index (χ3v) is 2.13. The fourth-order valence-electron chi connectivity index (χ4n) is 1.41. The van der Waals surface area contributed by atoms with Crippen LogP contribution in [0.1, 0.15) is 32.4 Å². The highest BCUT2D eigenvalue weighted by molar-refractivity contribution is 5.71. The maximum absolute atomic E-state index is 13.0. The van der Waals surface area contributed by atoms with E-state index in [1.807, 2.05) is 0 Å². The maximum Gasteiger partial charge on any atom is 0.344 e. The largest absolute Gasteiger partial charge is 0.482 e. The minimum Gasteiger partial charge on any atom is -0.482 e. The van der Waals surface area contributed by atoms with Crippen molar-refractivity contribution in [1.82, 2.24) is 0 Å². The van der Waals surface area contributed by atoms with Crippen LogP contribution in [0.3, 0.4) is 0 Å². The topological polar surface area (TPSA) is 55.8 Å². The number of hydrogen-bond donors (Lipinski definition) is 1. The average Bonchev–Trinajstić information content (AvgIpc) is 2.26. The molecule has 1 atom stereocenters. The van der Waals surface area contributed by atoms with Crippen molar-refractivity contribution < 1.29 is 23.8 Å². The van der Waals surface area contributed by atoms with Gasteiger partial charge in [-0.1, -0.05) is 0 Å². The van der Waals surface area contributed by atoms with Crippen LogP contribution < -0.4 is 4.74 Å². The molecule has 100 valence electrons. The Hall–Kier alpha value is -1.62. The van der Waals surface area contributed by atoms with E-state index in [4.69, 9.17) is 9.47 Å². The van der Waals surface area contributed by atoms with Crippen LogP contribution in [0.25, 0.3) is 0 Å². The van der Waals surface area contributed by atoms with Crippen molar-refractivity contribution in [3.8, 4) is 5.75 Å². The van der Waals surface area contributed by atoms with Crippen molar-refractivity contribution in [3.63, 3.8) is 0 Å². The van der Waals surface area contributed by atoms with Crippen LogP contribution in [0.15, 0.2) is 18.2 Å². The summed E-state index contributed by atoms with van der Waals surface area (Å²) >= 11 is 0. The molecule has 0 aliphatic rings. The Morgan fingerprint density at radius 1 is 1.39 bits per heavy atom. The second-order valence-corrected chi connectivity index (χ2v) is 4.19. The maximum atomic E-state index is 13.0. The third kappa shape index (κ3) is 4.33. The van der Waals surface area contributed by atoms with Gasteiger partial charge in [-0.3, -0.25) is 0 Å². The smallest absolute Gasteiger partial charge is 0.344 e. The zero-order valence-corrected chi connectivity index (χ0v) is 10.6. The molecule has 4 nitrogen and oxygen atoms in total. The van der Waals surface area contributed by atoms with Crippen LogP contribution in [0.4, 0.5) is 4.39 Å². The summed E-state index contributed by atoms with van der Waals surface area (Å²) in [5, 5.41) is 9.48. The molecule has 0 spiro atoms. The molecule has 0 fully saturated rings. The van der Waals surface area contributed by atoms with Gasteiger partial charge in [0.2, 0.25) is 0 Å². The Labute approximate surface area is 105 Å². The number of carbonyl (C=O) groups is 1. The van der Waals surface area contributed by atoms with E-state index < -0.39 is 17.9 Å². The molecule has 0 heterocycles. The lowest BCUT2D eigenvalue weighted by Gasteiger charge is -2.14. The third-order valence-electron chi connectivity index (χ3n) is 2.13. The molecule has 18 heavy (non-hydrogen) atoms. The standard InChI is InChI=1S/C13H17FO4/c1-8(2)18-13(16)7-17-12-5-4-10(14)6-11(12)9(3)15/h4-6,8-9,15H,7H2,1-3H3. The first-order valence-corrected chi connectivity index (χ1v) is 5.70. The van der Waals surface area contributed by atoms with Gasteiger partial charge in [0.25, 0.3) is 0 Å². The SMILES string of the molecule is CC(C)OC(=O)COc1ccc(F)cc1C(C)O. The van der Waals surface area contributed by atoms with Crippen molar-refractivity contribution in [1.29, 1.82) is 0 Å². The highest BCUT2D eigenvalue weighted by Gasteiger charge is 2.13. The summed E-state index contributed by atoms with van der Waals surface area (Å²) in [6.45, 7) is 4.69. The predicted octanol–water partition coefficient (Wildman–Crippen LogP) is 2.21. The molecule has 0 aliphatic carbocycles. The molecule has 1 N–H and O–H groups in total. The molecule has 0 amide bonds. The van der Waals surface area contributed by atoms with Crippen LogP contribution in [-0.4, -0.2) is 23.8 Å². The van der Waals surface area contributed by atoms with Crippen LogP contribution in [-0.2, 0) is 9.53 Å². The Morgan fingerprint density at radius 3 is 2.61 bits per heavy atom. The van der Waals surface area contributed by atoms with Crippen molar-refractivity contribution in [2.75, 3.05) is 6.61 Å². The number of ether oxygens (including phenoxy) is 2. The lowest BCUT2D eigenvalue weighted by Crippen LogP contribution is -2.19. The van der Waals surface area contributed by atoms with Crippen LogP contribution in [0.2, 0.25) is 0 Å². The predicted molar refractivity (Wildman–Crippen MR) is 63.8 cm³/mol. The zero-order valence-electron chi connectivity index (χ0n) is 10.6. The van der Waals surface area contributed by atoms with E-state index in [2.05, 4.69) is 0 Å². The van der Waals surface area contributed by atoms with Crippen LogP contribution >= 0.6 is 0 Å². The highest BCUT2D eigenvalue weighted by atomic mass is 19.1. The molecule has 0 aromatic heterocycles.